The Morgan fingerprint density at radius 2 is 1.90 bits per heavy atom. The number of sulfonamides is 1. The van der Waals surface area contributed by atoms with Crippen LogP contribution in [0.3, 0.4) is 0 Å². The fraction of sp³-hybridized carbons (Fsp3) is 0.571. The lowest BCUT2D eigenvalue weighted by molar-refractivity contribution is -0.137. The van der Waals surface area contributed by atoms with Crippen LogP contribution in [0.25, 0.3) is 0 Å². The highest BCUT2D eigenvalue weighted by Gasteiger charge is 2.53. The molecule has 1 aromatic rings. The van der Waals surface area contributed by atoms with Crippen LogP contribution in [0.15, 0.2) is 59.2 Å². The molecule has 11 heteroatoms. The van der Waals surface area contributed by atoms with E-state index in [-0.39, 0.29) is 34.9 Å². The normalized spacial score (nSPS) is 24.5. The van der Waals surface area contributed by atoms with Crippen molar-refractivity contribution in [1.82, 2.24) is 9.62 Å². The molecule has 0 aromatic heterocycles. The molecule has 8 nitrogen and oxygen atoms in total. The van der Waals surface area contributed by atoms with E-state index >= 15 is 0 Å². The van der Waals surface area contributed by atoms with Crippen LogP contribution in [-0.2, 0) is 28.8 Å². The van der Waals surface area contributed by atoms with Gasteiger partial charge in [-0.2, -0.15) is 4.31 Å². The number of nitrogens with zero attached hydrogens (tertiary/aromatic N) is 1. The van der Waals surface area contributed by atoms with Gasteiger partial charge in [0.1, 0.15) is 5.88 Å². The van der Waals surface area contributed by atoms with Crippen LogP contribution >= 0.6 is 11.6 Å². The summed E-state index contributed by atoms with van der Waals surface area (Å²) >= 11 is 5.89. The second-order valence-electron chi connectivity index (χ2n) is 11.7. The predicted molar refractivity (Wildman–Crippen MR) is 155 cm³/mol. The van der Waals surface area contributed by atoms with E-state index in [1.54, 1.807) is 43.3 Å². The number of allylic oxidation sites excluding steroid dienone is 1. The number of amides is 1. The number of hydrogen-bond donors (Lipinski definition) is 1. The van der Waals surface area contributed by atoms with Gasteiger partial charge in [0.2, 0.25) is 24.2 Å². The Morgan fingerprint density at radius 3 is 2.49 bits per heavy atom. The Morgan fingerprint density at radius 1 is 1.23 bits per heavy atom. The lowest BCUT2D eigenvalue weighted by atomic mass is 9.62. The van der Waals surface area contributed by atoms with Gasteiger partial charge in [0.05, 0.1) is 23.3 Å². The number of alkyl halides is 1. The third-order valence-electron chi connectivity index (χ3n) is 8.14. The fourth-order valence-corrected chi connectivity index (χ4v) is 7.70. The van der Waals surface area contributed by atoms with E-state index < -0.39 is 41.7 Å². The average Bonchev–Trinajstić information content (AvgIpc) is 2.87. The molecule has 1 aliphatic carbocycles. The molecule has 1 amide bonds. The van der Waals surface area contributed by atoms with Crippen LogP contribution in [0.2, 0.25) is 18.1 Å². The Labute approximate surface area is 238 Å². The molecule has 0 radical (unpaired) electrons. The van der Waals surface area contributed by atoms with Gasteiger partial charge >= 0.3 is 5.97 Å². The molecular formula is C28H41ClN2O6SSi. The van der Waals surface area contributed by atoms with Crippen LogP contribution in [0, 0.1) is 11.3 Å². The highest BCUT2D eigenvalue weighted by molar-refractivity contribution is 7.89. The lowest BCUT2D eigenvalue weighted by Gasteiger charge is -2.53. The van der Waals surface area contributed by atoms with E-state index in [2.05, 4.69) is 39.2 Å². The summed E-state index contributed by atoms with van der Waals surface area (Å²) in [5.41, 5.74) is -0.922. The van der Waals surface area contributed by atoms with E-state index in [1.165, 1.54) is 10.4 Å². The average molecular weight is 597 g/mol. The summed E-state index contributed by atoms with van der Waals surface area (Å²) < 4.78 is 40.6. The molecule has 0 unspecified atom stereocenters. The summed E-state index contributed by atoms with van der Waals surface area (Å²) in [5.74, 6) is -0.487. The molecule has 1 fully saturated rings. The van der Waals surface area contributed by atoms with Crippen molar-refractivity contribution < 1.29 is 27.2 Å². The van der Waals surface area contributed by atoms with E-state index in [4.69, 9.17) is 20.8 Å². The number of benzene rings is 1. The number of hydrogen-bond acceptors (Lipinski definition) is 6. The summed E-state index contributed by atoms with van der Waals surface area (Å²) in [5, 5.41) is 2.96. The third kappa shape index (κ3) is 6.96. The summed E-state index contributed by atoms with van der Waals surface area (Å²) in [6.07, 6.45) is 6.04. The zero-order valence-electron chi connectivity index (χ0n) is 23.7. The monoisotopic (exact) mass is 596 g/mol. The second kappa shape index (κ2) is 12.2. The van der Waals surface area contributed by atoms with E-state index in [0.29, 0.717) is 19.4 Å². The van der Waals surface area contributed by atoms with E-state index in [9.17, 15) is 18.0 Å². The van der Waals surface area contributed by atoms with Gasteiger partial charge in [-0.05, 0) is 55.6 Å². The van der Waals surface area contributed by atoms with Crippen LogP contribution in [0.4, 0.5) is 0 Å². The first-order valence-corrected chi connectivity index (χ1v) is 18.2. The van der Waals surface area contributed by atoms with Crippen molar-refractivity contribution in [3.63, 3.8) is 0 Å². The molecular weight excluding hydrogens is 556 g/mol. The van der Waals surface area contributed by atoms with Gasteiger partial charge in [-0.15, -0.1) is 11.6 Å². The number of carbonyl (C=O) groups is 2. The number of ether oxygens (including phenoxy) is 1. The molecule has 3 atom stereocenters. The summed E-state index contributed by atoms with van der Waals surface area (Å²) in [6.45, 7) is 13.1. The SMILES string of the molecule is CCOC(=O)/C=C/[C@]12CN(S(=O)(=O)c3ccccc3)CC[C@H]1CC(O[Si](C)(C)C(C)(C)C)=C[C@@H]2NC(=O)CCl. The smallest absolute Gasteiger partial charge is 0.330 e. The van der Waals surface area contributed by atoms with Gasteiger partial charge in [0.15, 0.2) is 0 Å². The van der Waals surface area contributed by atoms with Crippen molar-refractivity contribution in [2.75, 3.05) is 25.6 Å². The third-order valence-corrected chi connectivity index (χ3v) is 14.6. The highest BCUT2D eigenvalue weighted by atomic mass is 35.5. The number of esters is 1. The van der Waals surface area contributed by atoms with Gasteiger partial charge in [-0.1, -0.05) is 45.0 Å². The van der Waals surface area contributed by atoms with Gasteiger partial charge in [-0.25, -0.2) is 13.2 Å². The minimum absolute atomic E-state index is 0.0335. The first-order valence-electron chi connectivity index (χ1n) is 13.3. The number of nitrogens with one attached hydrogen (secondary N) is 1. The summed E-state index contributed by atoms with van der Waals surface area (Å²) in [6, 6.07) is 7.63. The minimum atomic E-state index is -3.82. The first kappa shape index (κ1) is 31.4. The van der Waals surface area contributed by atoms with Crippen molar-refractivity contribution in [3.05, 3.63) is 54.3 Å². The number of halogens is 1. The molecule has 1 saturated heterocycles. The molecule has 3 rings (SSSR count). The molecule has 1 aliphatic heterocycles. The topological polar surface area (TPSA) is 102 Å². The molecule has 39 heavy (non-hydrogen) atoms. The maximum Gasteiger partial charge on any atom is 0.330 e. The largest absolute Gasteiger partial charge is 0.547 e. The van der Waals surface area contributed by atoms with Crippen molar-refractivity contribution in [2.45, 2.75) is 69.6 Å². The number of carbonyl (C=O) groups excluding carboxylic acids is 2. The molecule has 0 bridgehead atoms. The number of fused-ring (bicyclic) bond motifs is 1. The quantitative estimate of drug-likeness (QED) is 0.189. The zero-order valence-corrected chi connectivity index (χ0v) is 26.3. The Hall–Kier alpha value is -2.14. The second-order valence-corrected chi connectivity index (χ2v) is 18.6. The van der Waals surface area contributed by atoms with E-state index in [0.717, 1.165) is 5.76 Å². The van der Waals surface area contributed by atoms with Crippen LogP contribution in [0.1, 0.15) is 40.5 Å². The molecule has 1 heterocycles. The Balaban J connectivity index is 2.12. The fourth-order valence-electron chi connectivity index (χ4n) is 4.98. The van der Waals surface area contributed by atoms with Crippen molar-refractivity contribution in [2.24, 2.45) is 11.3 Å². The highest BCUT2D eigenvalue weighted by Crippen LogP contribution is 2.50. The van der Waals surface area contributed by atoms with Gasteiger partial charge in [-0.3, -0.25) is 4.79 Å². The molecule has 216 valence electrons. The van der Waals surface area contributed by atoms with Crippen LogP contribution in [0.5, 0.6) is 0 Å². The predicted octanol–water partition coefficient (Wildman–Crippen LogP) is 4.84. The van der Waals surface area contributed by atoms with Crippen LogP contribution in [-0.4, -0.2) is 64.5 Å². The van der Waals surface area contributed by atoms with Gasteiger partial charge in [0.25, 0.3) is 0 Å². The maximum absolute atomic E-state index is 13.7. The molecule has 0 saturated carbocycles. The number of rotatable bonds is 9. The molecule has 0 spiro atoms. The van der Waals surface area contributed by atoms with Gasteiger partial charge in [0, 0.05) is 31.0 Å². The Bertz CT molecular complexity index is 1210. The molecule has 2 aliphatic rings. The summed E-state index contributed by atoms with van der Waals surface area (Å²) in [7, 11) is -6.01. The van der Waals surface area contributed by atoms with Crippen molar-refractivity contribution in [3.8, 4) is 0 Å². The number of piperidine rings is 1. The minimum Gasteiger partial charge on any atom is -0.547 e. The standard InChI is InChI=1S/C28H41ClN2O6SSi/c1-7-36-26(33)13-15-28-20-31(38(34,35)23-11-9-8-10-12-23)16-14-21(28)17-22(18-24(28)30-25(32)19-29)37-39(5,6)27(2,3)4/h8-13,15,18,21,24H,7,14,16-17,19-20H2,1-6H3,(H,30,32)/b15-13+/t21-,24-,28-/m0/s1. The zero-order chi connectivity index (χ0) is 29.1. The van der Waals surface area contributed by atoms with E-state index in [1.807, 2.05) is 6.08 Å². The summed E-state index contributed by atoms with van der Waals surface area (Å²) in [4.78, 5) is 25.3. The first-order chi connectivity index (χ1) is 18.2. The molecule has 1 N–H and O–H groups in total. The Kier molecular flexibility index (Phi) is 9.79. The maximum atomic E-state index is 13.7. The van der Waals surface area contributed by atoms with Gasteiger partial charge < -0.3 is 14.5 Å². The lowest BCUT2D eigenvalue weighted by Crippen LogP contribution is -2.61. The molecule has 1 aromatic carbocycles. The van der Waals surface area contributed by atoms with Crippen molar-refractivity contribution >= 4 is 41.8 Å². The van der Waals surface area contributed by atoms with Crippen molar-refractivity contribution in [1.29, 1.82) is 0 Å². The van der Waals surface area contributed by atoms with Crippen LogP contribution < -0.4 is 5.32 Å².